The summed E-state index contributed by atoms with van der Waals surface area (Å²) in [7, 11) is 0. The van der Waals surface area contributed by atoms with Crippen molar-refractivity contribution in [3.05, 3.63) is 35.8 Å². The topological polar surface area (TPSA) is 54.6 Å². The number of hydrogen-bond acceptors (Lipinski definition) is 2. The van der Waals surface area contributed by atoms with Crippen LogP contribution < -0.4 is 0 Å². The van der Waals surface area contributed by atoms with Crippen molar-refractivity contribution < 1.29 is 9.90 Å². The molecule has 0 spiro atoms. The molecule has 1 N–H and O–H groups in total. The van der Waals surface area contributed by atoms with Crippen LogP contribution in [0.4, 0.5) is 0 Å². The predicted molar refractivity (Wildman–Crippen MR) is 51.7 cm³/mol. The van der Waals surface area contributed by atoms with Crippen LogP contribution >= 0.6 is 11.6 Å². The van der Waals surface area contributed by atoms with Crippen LogP contribution in [0, 0.1) is 0 Å². The van der Waals surface area contributed by atoms with Crippen LogP contribution in [0.3, 0.4) is 0 Å². The van der Waals surface area contributed by atoms with Gasteiger partial charge in [0, 0.05) is 18.3 Å². The normalized spacial score (nSPS) is 10.6. The molecule has 0 amide bonds. The van der Waals surface area contributed by atoms with Crippen LogP contribution in [0.5, 0.6) is 0 Å². The molecule has 2 rings (SSSR count). The standard InChI is InChI=1S/C9H7ClN2O2/c10-4-6-1-2-12-5-7(9(13)14)11-8(12)3-6/h1-3,5H,4H2,(H,13,14). The molecule has 2 heterocycles. The second kappa shape index (κ2) is 3.31. The number of alkyl halides is 1. The highest BCUT2D eigenvalue weighted by Gasteiger charge is 2.08. The largest absolute Gasteiger partial charge is 0.476 e. The SMILES string of the molecule is O=C(O)c1cn2ccc(CCl)cc2n1. The smallest absolute Gasteiger partial charge is 0.356 e. The molecular weight excluding hydrogens is 204 g/mol. The number of pyridine rings is 1. The van der Waals surface area contributed by atoms with E-state index >= 15 is 0 Å². The molecule has 0 aliphatic heterocycles. The summed E-state index contributed by atoms with van der Waals surface area (Å²) in [5.41, 5.74) is 1.55. The molecule has 5 heteroatoms. The second-order valence-corrected chi connectivity index (χ2v) is 3.13. The number of fused-ring (bicyclic) bond motifs is 1. The van der Waals surface area contributed by atoms with Gasteiger partial charge in [0.05, 0.1) is 0 Å². The lowest BCUT2D eigenvalue weighted by Gasteiger charge is -1.95. The van der Waals surface area contributed by atoms with E-state index in [4.69, 9.17) is 16.7 Å². The maximum absolute atomic E-state index is 10.6. The summed E-state index contributed by atoms with van der Waals surface area (Å²) < 4.78 is 1.65. The van der Waals surface area contributed by atoms with E-state index < -0.39 is 5.97 Å². The van der Waals surface area contributed by atoms with Crippen LogP contribution in [0.2, 0.25) is 0 Å². The maximum atomic E-state index is 10.6. The molecule has 0 saturated heterocycles. The molecule has 0 saturated carbocycles. The Bertz CT molecular complexity index is 493. The molecule has 0 aliphatic rings. The van der Waals surface area contributed by atoms with Crippen molar-refractivity contribution in [2.75, 3.05) is 0 Å². The van der Waals surface area contributed by atoms with Gasteiger partial charge in [0.2, 0.25) is 0 Å². The zero-order chi connectivity index (χ0) is 10.1. The molecule has 0 unspecified atom stereocenters. The molecule has 0 fully saturated rings. The maximum Gasteiger partial charge on any atom is 0.356 e. The lowest BCUT2D eigenvalue weighted by Crippen LogP contribution is -1.94. The fourth-order valence-corrected chi connectivity index (χ4v) is 1.38. The van der Waals surface area contributed by atoms with Gasteiger partial charge in [-0.15, -0.1) is 11.6 Å². The summed E-state index contributed by atoms with van der Waals surface area (Å²) >= 11 is 5.64. The lowest BCUT2D eigenvalue weighted by atomic mass is 10.3. The zero-order valence-electron chi connectivity index (χ0n) is 7.14. The van der Waals surface area contributed by atoms with E-state index in [-0.39, 0.29) is 5.69 Å². The van der Waals surface area contributed by atoms with Gasteiger partial charge in [0.25, 0.3) is 0 Å². The number of hydrogen-bond donors (Lipinski definition) is 1. The number of aromatic nitrogens is 2. The molecule has 14 heavy (non-hydrogen) atoms. The summed E-state index contributed by atoms with van der Waals surface area (Å²) in [5, 5.41) is 8.71. The fraction of sp³-hybridized carbons (Fsp3) is 0.111. The first-order chi connectivity index (χ1) is 6.70. The summed E-state index contributed by atoms with van der Waals surface area (Å²) in [6.07, 6.45) is 3.21. The molecule has 0 bridgehead atoms. The molecular formula is C9H7ClN2O2. The summed E-state index contributed by atoms with van der Waals surface area (Å²) in [4.78, 5) is 14.5. The lowest BCUT2D eigenvalue weighted by molar-refractivity contribution is 0.0691. The number of carboxylic acid groups (broad SMARTS) is 1. The van der Waals surface area contributed by atoms with E-state index in [2.05, 4.69) is 4.98 Å². The zero-order valence-corrected chi connectivity index (χ0v) is 7.90. The van der Waals surface area contributed by atoms with Crippen LogP contribution in [0.15, 0.2) is 24.5 Å². The van der Waals surface area contributed by atoms with Crippen LogP contribution in [-0.2, 0) is 5.88 Å². The minimum Gasteiger partial charge on any atom is -0.476 e. The Balaban J connectivity index is 2.60. The van der Waals surface area contributed by atoms with Gasteiger partial charge < -0.3 is 9.51 Å². The Morgan fingerprint density at radius 1 is 1.64 bits per heavy atom. The fourth-order valence-electron chi connectivity index (χ4n) is 1.21. The van der Waals surface area contributed by atoms with E-state index in [1.807, 2.05) is 6.07 Å². The van der Waals surface area contributed by atoms with E-state index in [0.29, 0.717) is 11.5 Å². The van der Waals surface area contributed by atoms with Crippen molar-refractivity contribution in [2.24, 2.45) is 0 Å². The van der Waals surface area contributed by atoms with Crippen molar-refractivity contribution >= 4 is 23.2 Å². The molecule has 2 aromatic rings. The number of halogens is 1. The average molecular weight is 211 g/mol. The van der Waals surface area contributed by atoms with Crippen molar-refractivity contribution in [2.45, 2.75) is 5.88 Å². The number of rotatable bonds is 2. The number of imidazole rings is 1. The van der Waals surface area contributed by atoms with Gasteiger partial charge in [0.15, 0.2) is 5.69 Å². The predicted octanol–water partition coefficient (Wildman–Crippen LogP) is 1.77. The average Bonchev–Trinajstić information content (AvgIpc) is 2.59. The Kier molecular flexibility index (Phi) is 2.13. The third-order valence-corrected chi connectivity index (χ3v) is 2.21. The number of carboxylic acids is 1. The Morgan fingerprint density at radius 3 is 3.07 bits per heavy atom. The highest BCUT2D eigenvalue weighted by Crippen LogP contribution is 2.10. The van der Waals surface area contributed by atoms with Crippen LogP contribution in [-0.4, -0.2) is 20.5 Å². The molecule has 2 aromatic heterocycles. The molecule has 72 valence electrons. The van der Waals surface area contributed by atoms with E-state index in [1.165, 1.54) is 6.20 Å². The van der Waals surface area contributed by atoms with E-state index in [1.54, 1.807) is 16.7 Å². The van der Waals surface area contributed by atoms with Gasteiger partial charge in [0.1, 0.15) is 5.65 Å². The van der Waals surface area contributed by atoms with Crippen molar-refractivity contribution in [3.63, 3.8) is 0 Å². The van der Waals surface area contributed by atoms with Crippen molar-refractivity contribution in [1.29, 1.82) is 0 Å². The summed E-state index contributed by atoms with van der Waals surface area (Å²) in [5.74, 6) is -0.632. The van der Waals surface area contributed by atoms with Gasteiger partial charge in [-0.1, -0.05) is 0 Å². The minimum absolute atomic E-state index is 0.0386. The number of nitrogens with zero attached hydrogens (tertiary/aromatic N) is 2. The van der Waals surface area contributed by atoms with Gasteiger partial charge in [-0.25, -0.2) is 9.78 Å². The molecule has 0 atom stereocenters. The first-order valence-electron chi connectivity index (χ1n) is 3.97. The first-order valence-corrected chi connectivity index (χ1v) is 4.51. The third-order valence-electron chi connectivity index (χ3n) is 1.90. The Hall–Kier alpha value is -1.55. The van der Waals surface area contributed by atoms with Crippen molar-refractivity contribution in [1.82, 2.24) is 9.38 Å². The third kappa shape index (κ3) is 1.44. The van der Waals surface area contributed by atoms with Gasteiger partial charge in [-0.2, -0.15) is 0 Å². The molecule has 0 radical (unpaired) electrons. The monoisotopic (exact) mass is 210 g/mol. The quantitative estimate of drug-likeness (QED) is 0.769. The van der Waals surface area contributed by atoms with Gasteiger partial charge >= 0.3 is 5.97 Å². The molecule has 4 nitrogen and oxygen atoms in total. The van der Waals surface area contributed by atoms with Gasteiger partial charge in [-0.3, -0.25) is 0 Å². The highest BCUT2D eigenvalue weighted by molar-refractivity contribution is 6.17. The van der Waals surface area contributed by atoms with Crippen molar-refractivity contribution in [3.8, 4) is 0 Å². The first kappa shape index (κ1) is 9.02. The minimum atomic E-state index is -1.03. The number of aromatic carboxylic acids is 1. The summed E-state index contributed by atoms with van der Waals surface area (Å²) in [6.45, 7) is 0. The van der Waals surface area contributed by atoms with E-state index in [0.717, 1.165) is 5.56 Å². The Labute approximate surface area is 84.8 Å². The molecule has 0 aliphatic carbocycles. The highest BCUT2D eigenvalue weighted by atomic mass is 35.5. The molecule has 0 aromatic carbocycles. The Morgan fingerprint density at radius 2 is 2.43 bits per heavy atom. The summed E-state index contributed by atoms with van der Waals surface area (Å²) in [6, 6.07) is 3.59. The van der Waals surface area contributed by atoms with Crippen LogP contribution in [0.25, 0.3) is 5.65 Å². The number of carbonyl (C=O) groups is 1. The van der Waals surface area contributed by atoms with Gasteiger partial charge in [-0.05, 0) is 17.7 Å². The van der Waals surface area contributed by atoms with Crippen LogP contribution in [0.1, 0.15) is 16.1 Å². The van der Waals surface area contributed by atoms with E-state index in [9.17, 15) is 4.79 Å². The second-order valence-electron chi connectivity index (χ2n) is 2.87.